The molecule has 0 radical (unpaired) electrons. The van der Waals surface area contributed by atoms with Crippen LogP contribution in [-0.2, 0) is 0 Å². The molecule has 2 nitrogen and oxygen atoms in total. The lowest BCUT2D eigenvalue weighted by molar-refractivity contribution is 0.271. The first-order valence-corrected chi connectivity index (χ1v) is 7.45. The van der Waals surface area contributed by atoms with Gasteiger partial charge in [-0.25, -0.2) is 0 Å². The van der Waals surface area contributed by atoms with Crippen molar-refractivity contribution in [3.8, 4) is 5.75 Å². The van der Waals surface area contributed by atoms with Gasteiger partial charge in [-0.05, 0) is 49.4 Å². The third-order valence-electron chi connectivity index (χ3n) is 3.14. The molecule has 0 heterocycles. The van der Waals surface area contributed by atoms with Crippen LogP contribution in [0.25, 0.3) is 0 Å². The summed E-state index contributed by atoms with van der Waals surface area (Å²) in [5, 5.41) is 3.56. The quantitative estimate of drug-likeness (QED) is 0.749. The van der Waals surface area contributed by atoms with Gasteiger partial charge in [0.15, 0.2) is 0 Å². The Labute approximate surface area is 118 Å². The summed E-state index contributed by atoms with van der Waals surface area (Å²) in [5.41, 5.74) is 1.32. The molecule has 0 spiro atoms. The van der Waals surface area contributed by atoms with Gasteiger partial charge in [-0.15, -0.1) is 0 Å². The van der Waals surface area contributed by atoms with Gasteiger partial charge in [-0.2, -0.15) is 0 Å². The second-order valence-corrected chi connectivity index (χ2v) is 6.13. The molecule has 0 aliphatic heterocycles. The maximum atomic E-state index is 5.69. The van der Waals surface area contributed by atoms with Crippen molar-refractivity contribution in [2.45, 2.75) is 47.1 Å². The molecule has 108 valence electrons. The fraction of sp³-hybridized carbons (Fsp3) is 0.647. The Kier molecular flexibility index (Phi) is 6.93. The fourth-order valence-electron chi connectivity index (χ4n) is 1.82. The molecule has 0 fully saturated rings. The van der Waals surface area contributed by atoms with E-state index in [4.69, 9.17) is 4.74 Å². The molecule has 1 rings (SSSR count). The van der Waals surface area contributed by atoms with Crippen LogP contribution in [0, 0.1) is 11.8 Å². The summed E-state index contributed by atoms with van der Waals surface area (Å²) < 4.78 is 5.69. The first-order chi connectivity index (χ1) is 8.99. The topological polar surface area (TPSA) is 21.3 Å². The molecule has 0 aliphatic rings. The Morgan fingerprint density at radius 1 is 0.947 bits per heavy atom. The van der Waals surface area contributed by atoms with Crippen molar-refractivity contribution in [2.24, 2.45) is 11.8 Å². The Morgan fingerprint density at radius 3 is 2.11 bits per heavy atom. The Balaban J connectivity index is 2.41. The summed E-state index contributed by atoms with van der Waals surface area (Å²) in [6.45, 7) is 12.9. The van der Waals surface area contributed by atoms with E-state index < -0.39 is 0 Å². The van der Waals surface area contributed by atoms with Crippen LogP contribution in [0.15, 0.2) is 24.3 Å². The van der Waals surface area contributed by atoms with E-state index in [1.54, 1.807) is 0 Å². The highest BCUT2D eigenvalue weighted by molar-refractivity contribution is 5.28. The molecule has 1 aromatic carbocycles. The monoisotopic (exact) mass is 263 g/mol. The average Bonchev–Trinajstić information content (AvgIpc) is 2.36. The molecule has 1 N–H and O–H groups in total. The number of benzene rings is 1. The van der Waals surface area contributed by atoms with Crippen LogP contribution in [0.3, 0.4) is 0 Å². The van der Waals surface area contributed by atoms with Crippen LogP contribution in [-0.4, -0.2) is 13.2 Å². The smallest absolute Gasteiger partial charge is 0.119 e. The predicted octanol–water partition coefficient (Wildman–Crippen LogP) is 4.42. The van der Waals surface area contributed by atoms with Gasteiger partial charge in [0.25, 0.3) is 0 Å². The van der Waals surface area contributed by atoms with Crippen LogP contribution in [0.2, 0.25) is 0 Å². The van der Waals surface area contributed by atoms with Crippen LogP contribution < -0.4 is 10.1 Å². The molecule has 2 heteroatoms. The Hall–Kier alpha value is -1.02. The van der Waals surface area contributed by atoms with E-state index in [-0.39, 0.29) is 0 Å². The minimum atomic E-state index is 0.401. The molecular weight excluding hydrogens is 234 g/mol. The summed E-state index contributed by atoms with van der Waals surface area (Å²) in [7, 11) is 0. The normalized spacial score (nSPS) is 13.0. The Bertz CT molecular complexity index is 343. The highest BCUT2D eigenvalue weighted by Gasteiger charge is 2.05. The van der Waals surface area contributed by atoms with Crippen molar-refractivity contribution in [1.82, 2.24) is 5.32 Å². The number of ether oxygens (including phenoxy) is 1. The molecule has 0 bridgehead atoms. The van der Waals surface area contributed by atoms with Gasteiger partial charge in [0, 0.05) is 6.04 Å². The maximum Gasteiger partial charge on any atom is 0.119 e. The number of nitrogens with one attached hydrogen (secondary N) is 1. The number of hydrogen-bond donors (Lipinski definition) is 1. The SMILES string of the molecule is CC(C)CCNC(C)c1ccc(OCC(C)C)cc1. The van der Waals surface area contributed by atoms with E-state index in [2.05, 4.69) is 64.2 Å². The zero-order valence-electron chi connectivity index (χ0n) is 13.1. The van der Waals surface area contributed by atoms with E-state index in [1.807, 2.05) is 0 Å². The molecular formula is C17H29NO. The van der Waals surface area contributed by atoms with E-state index in [9.17, 15) is 0 Å². The van der Waals surface area contributed by atoms with Gasteiger partial charge in [0.1, 0.15) is 5.75 Å². The summed E-state index contributed by atoms with van der Waals surface area (Å²) in [5.74, 6) is 2.29. The Morgan fingerprint density at radius 2 is 1.58 bits per heavy atom. The van der Waals surface area contributed by atoms with Crippen molar-refractivity contribution >= 4 is 0 Å². The van der Waals surface area contributed by atoms with Gasteiger partial charge in [0.2, 0.25) is 0 Å². The second kappa shape index (κ2) is 8.21. The van der Waals surface area contributed by atoms with Gasteiger partial charge >= 0.3 is 0 Å². The summed E-state index contributed by atoms with van der Waals surface area (Å²) in [6.07, 6.45) is 1.22. The summed E-state index contributed by atoms with van der Waals surface area (Å²) in [4.78, 5) is 0. The van der Waals surface area contributed by atoms with Gasteiger partial charge in [0.05, 0.1) is 6.61 Å². The molecule has 1 unspecified atom stereocenters. The van der Waals surface area contributed by atoms with E-state index in [0.29, 0.717) is 12.0 Å². The fourth-order valence-corrected chi connectivity index (χ4v) is 1.82. The van der Waals surface area contributed by atoms with E-state index >= 15 is 0 Å². The molecule has 0 amide bonds. The van der Waals surface area contributed by atoms with Crippen molar-refractivity contribution in [1.29, 1.82) is 0 Å². The van der Waals surface area contributed by atoms with Gasteiger partial charge in [-0.1, -0.05) is 39.8 Å². The predicted molar refractivity (Wildman–Crippen MR) is 82.6 cm³/mol. The minimum absolute atomic E-state index is 0.401. The minimum Gasteiger partial charge on any atom is -0.493 e. The first-order valence-electron chi connectivity index (χ1n) is 7.45. The highest BCUT2D eigenvalue weighted by Crippen LogP contribution is 2.18. The van der Waals surface area contributed by atoms with Crippen LogP contribution in [0.5, 0.6) is 5.75 Å². The number of rotatable bonds is 8. The van der Waals surface area contributed by atoms with E-state index in [0.717, 1.165) is 24.8 Å². The molecule has 0 aromatic heterocycles. The second-order valence-electron chi connectivity index (χ2n) is 6.13. The summed E-state index contributed by atoms with van der Waals surface area (Å²) in [6, 6.07) is 8.85. The molecule has 1 aromatic rings. The van der Waals surface area contributed by atoms with Crippen molar-refractivity contribution in [3.63, 3.8) is 0 Å². The molecule has 19 heavy (non-hydrogen) atoms. The lowest BCUT2D eigenvalue weighted by Gasteiger charge is -2.16. The zero-order valence-corrected chi connectivity index (χ0v) is 13.1. The first kappa shape index (κ1) is 16.0. The third-order valence-corrected chi connectivity index (χ3v) is 3.14. The lowest BCUT2D eigenvalue weighted by atomic mass is 10.1. The highest BCUT2D eigenvalue weighted by atomic mass is 16.5. The van der Waals surface area contributed by atoms with Crippen LogP contribution in [0.1, 0.15) is 52.6 Å². The third kappa shape index (κ3) is 6.63. The van der Waals surface area contributed by atoms with Gasteiger partial charge < -0.3 is 10.1 Å². The maximum absolute atomic E-state index is 5.69. The van der Waals surface area contributed by atoms with Crippen LogP contribution >= 0.6 is 0 Å². The van der Waals surface area contributed by atoms with Crippen molar-refractivity contribution in [2.75, 3.05) is 13.2 Å². The molecule has 0 saturated heterocycles. The number of hydrogen-bond acceptors (Lipinski definition) is 2. The average molecular weight is 263 g/mol. The van der Waals surface area contributed by atoms with Crippen LogP contribution in [0.4, 0.5) is 0 Å². The lowest BCUT2D eigenvalue weighted by Crippen LogP contribution is -2.20. The molecule has 1 atom stereocenters. The standard InChI is InChI=1S/C17H29NO/c1-13(2)10-11-18-15(5)16-6-8-17(9-7-16)19-12-14(3)4/h6-9,13-15,18H,10-12H2,1-5H3. The zero-order chi connectivity index (χ0) is 14.3. The largest absolute Gasteiger partial charge is 0.493 e. The van der Waals surface area contributed by atoms with Crippen molar-refractivity contribution in [3.05, 3.63) is 29.8 Å². The van der Waals surface area contributed by atoms with Gasteiger partial charge in [-0.3, -0.25) is 0 Å². The van der Waals surface area contributed by atoms with Crippen molar-refractivity contribution < 1.29 is 4.74 Å². The summed E-state index contributed by atoms with van der Waals surface area (Å²) >= 11 is 0. The van der Waals surface area contributed by atoms with E-state index in [1.165, 1.54) is 12.0 Å². The molecule has 0 saturated carbocycles. The molecule has 0 aliphatic carbocycles.